The maximum atomic E-state index is 12.3. The molecule has 0 aliphatic carbocycles. The highest BCUT2D eigenvalue weighted by molar-refractivity contribution is 7.80. The molecule has 2 amide bonds. The summed E-state index contributed by atoms with van der Waals surface area (Å²) in [5.74, 6) is -0.583. The summed E-state index contributed by atoms with van der Waals surface area (Å²) < 4.78 is 0. The van der Waals surface area contributed by atoms with Gasteiger partial charge in [0.2, 0.25) is 0 Å². The normalized spacial score (nSPS) is 10.6. The molecule has 0 aromatic heterocycles. The van der Waals surface area contributed by atoms with Gasteiger partial charge in [0, 0.05) is 29.4 Å². The third-order valence-corrected chi connectivity index (χ3v) is 5.17. The molecule has 2 aromatic rings. The number of nitrogens with one attached hydrogen (secondary N) is 3. The zero-order valence-electron chi connectivity index (χ0n) is 16.8. The second kappa shape index (κ2) is 11.9. The van der Waals surface area contributed by atoms with Gasteiger partial charge < -0.3 is 15.5 Å². The summed E-state index contributed by atoms with van der Waals surface area (Å²) in [5, 5.41) is 9.16. The maximum absolute atomic E-state index is 12.3. The summed E-state index contributed by atoms with van der Waals surface area (Å²) in [7, 11) is 0. The summed E-state index contributed by atoms with van der Waals surface area (Å²) in [4.78, 5) is 26.8. The van der Waals surface area contributed by atoms with Crippen LogP contribution in [-0.4, -0.2) is 48.0 Å². The number of amides is 2. The molecule has 0 saturated heterocycles. The second-order valence-electron chi connectivity index (χ2n) is 6.39. The van der Waals surface area contributed by atoms with Crippen LogP contribution in [0.5, 0.6) is 0 Å². The molecule has 9 heteroatoms. The minimum absolute atomic E-state index is 0.113. The first-order valence-electron chi connectivity index (χ1n) is 9.52. The molecule has 2 rings (SSSR count). The minimum atomic E-state index is -0.446. The topological polar surface area (TPSA) is 73.5 Å². The van der Waals surface area contributed by atoms with Crippen LogP contribution in [0.2, 0.25) is 10.0 Å². The molecule has 2 aromatic carbocycles. The molecule has 0 unspecified atom stereocenters. The van der Waals surface area contributed by atoms with Gasteiger partial charge in [0.05, 0.1) is 10.6 Å². The third-order valence-electron chi connectivity index (χ3n) is 4.42. The van der Waals surface area contributed by atoms with E-state index < -0.39 is 5.91 Å². The van der Waals surface area contributed by atoms with Gasteiger partial charge in [-0.3, -0.25) is 14.9 Å². The Morgan fingerprint density at radius 2 is 1.67 bits per heavy atom. The second-order valence-corrected chi connectivity index (χ2v) is 7.64. The standard InChI is InChI=1S/C21H24Cl2N4O2S/c1-3-27(4-2)12-11-24-19(28)14-5-8-16(9-6-14)25-21(30)26-20(29)17-10-7-15(22)13-18(17)23/h5-10,13H,3-4,11-12H2,1-2H3,(H,24,28)(H2,25,26,29,30). The molecular formula is C21H24Cl2N4O2S. The largest absolute Gasteiger partial charge is 0.351 e. The predicted octanol–water partition coefficient (Wildman–Crippen LogP) is 4.19. The van der Waals surface area contributed by atoms with Crippen LogP contribution in [0.15, 0.2) is 42.5 Å². The average molecular weight is 467 g/mol. The zero-order chi connectivity index (χ0) is 22.1. The number of rotatable bonds is 8. The van der Waals surface area contributed by atoms with Crippen molar-refractivity contribution in [3.05, 3.63) is 63.6 Å². The van der Waals surface area contributed by atoms with Crippen molar-refractivity contribution in [2.75, 3.05) is 31.5 Å². The maximum Gasteiger partial charge on any atom is 0.258 e. The fourth-order valence-electron chi connectivity index (χ4n) is 2.68. The predicted molar refractivity (Wildman–Crippen MR) is 127 cm³/mol. The Labute approximate surface area is 191 Å². The Bertz CT molecular complexity index is 902. The number of benzene rings is 2. The van der Waals surface area contributed by atoms with E-state index >= 15 is 0 Å². The van der Waals surface area contributed by atoms with Crippen molar-refractivity contribution in [3.63, 3.8) is 0 Å². The molecule has 6 nitrogen and oxygen atoms in total. The van der Waals surface area contributed by atoms with Crippen molar-refractivity contribution >= 4 is 58.0 Å². The summed E-state index contributed by atoms with van der Waals surface area (Å²) in [5.41, 5.74) is 1.45. The molecule has 0 saturated carbocycles. The molecule has 30 heavy (non-hydrogen) atoms. The minimum Gasteiger partial charge on any atom is -0.351 e. The number of carbonyl (C=O) groups excluding carboxylic acids is 2. The van der Waals surface area contributed by atoms with Gasteiger partial charge >= 0.3 is 0 Å². The zero-order valence-corrected chi connectivity index (χ0v) is 19.1. The molecule has 0 aliphatic rings. The lowest BCUT2D eigenvalue weighted by atomic mass is 10.2. The van der Waals surface area contributed by atoms with E-state index in [9.17, 15) is 9.59 Å². The molecular weight excluding hydrogens is 443 g/mol. The van der Waals surface area contributed by atoms with Crippen molar-refractivity contribution in [3.8, 4) is 0 Å². The van der Waals surface area contributed by atoms with Crippen LogP contribution in [0.3, 0.4) is 0 Å². The lowest BCUT2D eigenvalue weighted by Gasteiger charge is -2.18. The van der Waals surface area contributed by atoms with E-state index in [1.807, 2.05) is 0 Å². The highest BCUT2D eigenvalue weighted by atomic mass is 35.5. The van der Waals surface area contributed by atoms with Crippen LogP contribution < -0.4 is 16.0 Å². The lowest BCUT2D eigenvalue weighted by Crippen LogP contribution is -2.35. The first kappa shape index (κ1) is 24.1. The van der Waals surface area contributed by atoms with E-state index in [0.717, 1.165) is 19.6 Å². The quantitative estimate of drug-likeness (QED) is 0.508. The van der Waals surface area contributed by atoms with Crippen LogP contribution in [0.25, 0.3) is 0 Å². The number of hydrogen-bond acceptors (Lipinski definition) is 4. The van der Waals surface area contributed by atoms with E-state index in [0.29, 0.717) is 22.8 Å². The Morgan fingerprint density at radius 1 is 1.00 bits per heavy atom. The smallest absolute Gasteiger partial charge is 0.258 e. The monoisotopic (exact) mass is 466 g/mol. The SMILES string of the molecule is CCN(CC)CCNC(=O)c1ccc(NC(=S)NC(=O)c2ccc(Cl)cc2Cl)cc1. The molecule has 160 valence electrons. The van der Waals surface area contributed by atoms with Gasteiger partial charge in [0.1, 0.15) is 0 Å². The first-order chi connectivity index (χ1) is 14.3. The van der Waals surface area contributed by atoms with Gasteiger partial charge in [0.15, 0.2) is 5.11 Å². The Morgan fingerprint density at radius 3 is 2.27 bits per heavy atom. The first-order valence-corrected chi connectivity index (χ1v) is 10.7. The fourth-order valence-corrected chi connectivity index (χ4v) is 3.39. The average Bonchev–Trinajstić information content (AvgIpc) is 2.71. The van der Waals surface area contributed by atoms with Crippen molar-refractivity contribution in [1.29, 1.82) is 0 Å². The van der Waals surface area contributed by atoms with Crippen LogP contribution in [0, 0.1) is 0 Å². The van der Waals surface area contributed by atoms with E-state index in [1.165, 1.54) is 12.1 Å². The summed E-state index contributed by atoms with van der Waals surface area (Å²) in [6.45, 7) is 7.48. The van der Waals surface area contributed by atoms with Gasteiger partial charge in [-0.2, -0.15) is 0 Å². The molecule has 0 bridgehead atoms. The molecule has 0 radical (unpaired) electrons. The Kier molecular flexibility index (Phi) is 9.52. The van der Waals surface area contributed by atoms with Gasteiger partial charge in [0.25, 0.3) is 11.8 Å². The molecule has 0 spiro atoms. The highest BCUT2D eigenvalue weighted by Crippen LogP contribution is 2.20. The molecule has 0 atom stereocenters. The van der Waals surface area contributed by atoms with Crippen LogP contribution in [0.4, 0.5) is 5.69 Å². The Hall–Kier alpha value is -2.19. The van der Waals surface area contributed by atoms with Crippen molar-refractivity contribution < 1.29 is 9.59 Å². The number of nitrogens with zero attached hydrogens (tertiary/aromatic N) is 1. The van der Waals surface area contributed by atoms with Crippen LogP contribution >= 0.6 is 35.4 Å². The molecule has 0 heterocycles. The third kappa shape index (κ3) is 7.25. The van der Waals surface area contributed by atoms with Crippen LogP contribution in [0.1, 0.15) is 34.6 Å². The summed E-state index contributed by atoms with van der Waals surface area (Å²) in [6.07, 6.45) is 0. The van der Waals surface area contributed by atoms with E-state index in [1.54, 1.807) is 30.3 Å². The lowest BCUT2D eigenvalue weighted by molar-refractivity contribution is 0.0947. The number of anilines is 1. The van der Waals surface area contributed by atoms with Crippen molar-refractivity contribution in [2.45, 2.75) is 13.8 Å². The summed E-state index contributed by atoms with van der Waals surface area (Å²) in [6, 6.07) is 11.4. The Balaban J connectivity index is 1.86. The van der Waals surface area contributed by atoms with Crippen molar-refractivity contribution in [1.82, 2.24) is 15.5 Å². The van der Waals surface area contributed by atoms with Gasteiger partial charge in [-0.25, -0.2) is 0 Å². The van der Waals surface area contributed by atoms with Gasteiger partial charge in [-0.05, 0) is 67.8 Å². The number of carbonyl (C=O) groups is 2. The number of likely N-dealkylation sites (N-methyl/N-ethyl adjacent to an activating group) is 1. The summed E-state index contributed by atoms with van der Waals surface area (Å²) >= 11 is 17.0. The highest BCUT2D eigenvalue weighted by Gasteiger charge is 2.13. The molecule has 0 aliphatic heterocycles. The van der Waals surface area contributed by atoms with E-state index in [-0.39, 0.29) is 21.6 Å². The van der Waals surface area contributed by atoms with E-state index in [4.69, 9.17) is 35.4 Å². The fraction of sp³-hybridized carbons (Fsp3) is 0.286. The van der Waals surface area contributed by atoms with Gasteiger partial charge in [-0.1, -0.05) is 37.0 Å². The van der Waals surface area contributed by atoms with Crippen LogP contribution in [-0.2, 0) is 0 Å². The number of halogens is 2. The number of hydrogen-bond donors (Lipinski definition) is 3. The molecule has 3 N–H and O–H groups in total. The van der Waals surface area contributed by atoms with E-state index in [2.05, 4.69) is 34.7 Å². The van der Waals surface area contributed by atoms with Gasteiger partial charge in [-0.15, -0.1) is 0 Å². The van der Waals surface area contributed by atoms with Crippen molar-refractivity contribution in [2.24, 2.45) is 0 Å². The number of thiocarbonyl (C=S) groups is 1. The molecule has 0 fully saturated rings.